The number of amides is 1. The number of nitrogens with one attached hydrogen (secondary N) is 2. The first-order valence-corrected chi connectivity index (χ1v) is 5.48. The predicted octanol–water partition coefficient (Wildman–Crippen LogP) is 0.797. The third-order valence-corrected chi connectivity index (χ3v) is 2.80. The Hall–Kier alpha value is -2.41. The Bertz CT molecular complexity index is 621. The Morgan fingerprint density at radius 2 is 1.84 bits per heavy atom. The topological polar surface area (TPSA) is 98.6 Å². The van der Waals surface area contributed by atoms with E-state index in [0.717, 1.165) is 5.39 Å². The van der Waals surface area contributed by atoms with Gasteiger partial charge >= 0.3 is 0 Å². The molecule has 0 saturated heterocycles. The molecule has 2 rings (SSSR count). The molecule has 7 heteroatoms. The molecule has 7 nitrogen and oxygen atoms in total. The lowest BCUT2D eigenvalue weighted by atomic mass is 10.2. The van der Waals surface area contributed by atoms with Crippen LogP contribution in [-0.4, -0.2) is 32.2 Å². The van der Waals surface area contributed by atoms with Crippen molar-refractivity contribution < 1.29 is 19.0 Å². The zero-order valence-electron chi connectivity index (χ0n) is 10.9. The molecule has 0 unspecified atom stereocenters. The number of hydrogen-bond acceptors (Lipinski definition) is 5. The molecule has 0 radical (unpaired) electrons. The van der Waals surface area contributed by atoms with Crippen molar-refractivity contribution in [3.8, 4) is 17.2 Å². The van der Waals surface area contributed by atoms with Crippen molar-refractivity contribution in [3.05, 3.63) is 17.8 Å². The molecule has 1 amide bonds. The van der Waals surface area contributed by atoms with Gasteiger partial charge in [-0.3, -0.25) is 10.2 Å². The summed E-state index contributed by atoms with van der Waals surface area (Å²) in [5.41, 5.74) is 3.03. The smallest absolute Gasteiger partial charge is 0.281 e. The number of H-pyrrole nitrogens is 1. The van der Waals surface area contributed by atoms with Gasteiger partial charge in [-0.1, -0.05) is 0 Å². The fraction of sp³-hybridized carbons (Fsp3) is 0.250. The highest BCUT2D eigenvalue weighted by molar-refractivity contribution is 6.00. The fourth-order valence-electron chi connectivity index (χ4n) is 1.94. The zero-order valence-corrected chi connectivity index (χ0v) is 10.9. The van der Waals surface area contributed by atoms with Gasteiger partial charge in [-0.25, -0.2) is 5.84 Å². The monoisotopic (exact) mass is 265 g/mol. The Morgan fingerprint density at radius 3 is 2.37 bits per heavy atom. The van der Waals surface area contributed by atoms with E-state index in [-0.39, 0.29) is 0 Å². The van der Waals surface area contributed by atoms with Gasteiger partial charge in [-0.15, -0.1) is 0 Å². The summed E-state index contributed by atoms with van der Waals surface area (Å²) in [6.45, 7) is 0. The number of nitrogen functional groups attached to an aromatic ring is 1. The second kappa shape index (κ2) is 5.07. The number of carbonyl (C=O) groups is 1. The van der Waals surface area contributed by atoms with Crippen molar-refractivity contribution in [2.45, 2.75) is 0 Å². The van der Waals surface area contributed by atoms with Crippen molar-refractivity contribution in [2.75, 3.05) is 21.3 Å². The maximum absolute atomic E-state index is 11.5. The van der Waals surface area contributed by atoms with Crippen LogP contribution in [0.25, 0.3) is 10.9 Å². The number of ether oxygens (including phenoxy) is 3. The van der Waals surface area contributed by atoms with Crippen LogP contribution in [0.4, 0.5) is 0 Å². The first kappa shape index (κ1) is 13.0. The van der Waals surface area contributed by atoms with Gasteiger partial charge in [0, 0.05) is 5.39 Å². The van der Waals surface area contributed by atoms with Gasteiger partial charge in [0.05, 0.1) is 26.8 Å². The van der Waals surface area contributed by atoms with Crippen molar-refractivity contribution in [1.29, 1.82) is 0 Å². The van der Waals surface area contributed by atoms with Crippen LogP contribution in [0, 0.1) is 0 Å². The minimum absolute atomic E-state index is 0.325. The fourth-order valence-corrected chi connectivity index (χ4v) is 1.94. The molecule has 0 atom stereocenters. The lowest BCUT2D eigenvalue weighted by Crippen LogP contribution is -2.30. The van der Waals surface area contributed by atoms with E-state index in [1.807, 2.05) is 0 Å². The molecular weight excluding hydrogens is 250 g/mol. The maximum Gasteiger partial charge on any atom is 0.281 e. The van der Waals surface area contributed by atoms with E-state index in [0.29, 0.717) is 28.5 Å². The van der Waals surface area contributed by atoms with Crippen LogP contribution >= 0.6 is 0 Å². The summed E-state index contributed by atoms with van der Waals surface area (Å²) >= 11 is 0. The summed E-state index contributed by atoms with van der Waals surface area (Å²) in [6.07, 6.45) is 0. The number of hydrogen-bond donors (Lipinski definition) is 3. The third-order valence-electron chi connectivity index (χ3n) is 2.80. The van der Waals surface area contributed by atoms with E-state index in [1.165, 1.54) is 21.3 Å². The number of rotatable bonds is 4. The number of aromatic amines is 1. The highest BCUT2D eigenvalue weighted by Gasteiger charge is 2.19. The normalized spacial score (nSPS) is 10.3. The molecule has 4 N–H and O–H groups in total. The highest BCUT2D eigenvalue weighted by atomic mass is 16.5. The molecule has 1 heterocycles. The SMILES string of the molecule is COc1cc2cc(C(=O)NN)[nH]c2c(OC)c1OC. The largest absolute Gasteiger partial charge is 0.493 e. The van der Waals surface area contributed by atoms with E-state index in [2.05, 4.69) is 10.4 Å². The van der Waals surface area contributed by atoms with Gasteiger partial charge in [0.15, 0.2) is 11.5 Å². The molecule has 1 aromatic heterocycles. The van der Waals surface area contributed by atoms with Crippen LogP contribution in [-0.2, 0) is 0 Å². The zero-order chi connectivity index (χ0) is 14.0. The molecule has 102 valence electrons. The quantitative estimate of drug-likeness (QED) is 0.431. The molecule has 0 aliphatic rings. The van der Waals surface area contributed by atoms with Gasteiger partial charge in [0.1, 0.15) is 5.69 Å². The molecule has 0 saturated carbocycles. The molecular formula is C12H15N3O4. The van der Waals surface area contributed by atoms with Crippen LogP contribution < -0.4 is 25.5 Å². The van der Waals surface area contributed by atoms with Crippen molar-refractivity contribution in [3.63, 3.8) is 0 Å². The number of benzene rings is 1. The summed E-state index contributed by atoms with van der Waals surface area (Å²) in [7, 11) is 4.56. The second-order valence-corrected chi connectivity index (χ2v) is 3.77. The minimum atomic E-state index is -0.420. The van der Waals surface area contributed by atoms with E-state index in [4.69, 9.17) is 20.1 Å². The number of carbonyl (C=O) groups excluding carboxylic acids is 1. The summed E-state index contributed by atoms with van der Waals surface area (Å²) in [4.78, 5) is 14.5. The van der Waals surface area contributed by atoms with E-state index >= 15 is 0 Å². The molecule has 0 aliphatic heterocycles. The maximum atomic E-state index is 11.5. The van der Waals surface area contributed by atoms with E-state index < -0.39 is 5.91 Å². The van der Waals surface area contributed by atoms with Crippen LogP contribution in [0.15, 0.2) is 12.1 Å². The molecule has 2 aromatic rings. The van der Waals surface area contributed by atoms with Gasteiger partial charge in [0.2, 0.25) is 5.75 Å². The number of fused-ring (bicyclic) bond motifs is 1. The van der Waals surface area contributed by atoms with Crippen LogP contribution in [0.2, 0.25) is 0 Å². The molecule has 0 fully saturated rings. The van der Waals surface area contributed by atoms with Gasteiger partial charge in [0.25, 0.3) is 5.91 Å². The number of methoxy groups -OCH3 is 3. The van der Waals surface area contributed by atoms with E-state index in [9.17, 15) is 4.79 Å². The first-order valence-electron chi connectivity index (χ1n) is 5.48. The van der Waals surface area contributed by atoms with E-state index in [1.54, 1.807) is 12.1 Å². The van der Waals surface area contributed by atoms with Gasteiger partial charge in [-0.2, -0.15) is 0 Å². The highest BCUT2D eigenvalue weighted by Crippen LogP contribution is 2.43. The molecule has 0 spiro atoms. The standard InChI is InChI=1S/C12H15N3O4/c1-17-8-5-6-4-7(12(16)15-13)14-9(6)11(19-3)10(8)18-2/h4-5,14H,13H2,1-3H3,(H,15,16). The average Bonchev–Trinajstić information content (AvgIpc) is 2.87. The number of nitrogens with two attached hydrogens (primary N) is 1. The third kappa shape index (κ3) is 2.04. The Kier molecular flexibility index (Phi) is 3.48. The lowest BCUT2D eigenvalue weighted by Gasteiger charge is -2.12. The number of aromatic nitrogens is 1. The number of hydrazine groups is 1. The average molecular weight is 265 g/mol. The lowest BCUT2D eigenvalue weighted by molar-refractivity contribution is 0.0949. The van der Waals surface area contributed by atoms with Crippen molar-refractivity contribution in [2.24, 2.45) is 5.84 Å². The molecule has 0 bridgehead atoms. The Labute approximate surface area is 109 Å². The molecule has 0 aliphatic carbocycles. The molecule has 1 aromatic carbocycles. The van der Waals surface area contributed by atoms with Crippen LogP contribution in [0.3, 0.4) is 0 Å². The van der Waals surface area contributed by atoms with Gasteiger partial charge in [-0.05, 0) is 12.1 Å². The minimum Gasteiger partial charge on any atom is -0.493 e. The van der Waals surface area contributed by atoms with Crippen LogP contribution in [0.5, 0.6) is 17.2 Å². The molecule has 19 heavy (non-hydrogen) atoms. The van der Waals surface area contributed by atoms with Crippen molar-refractivity contribution >= 4 is 16.8 Å². The Balaban J connectivity index is 2.73. The second-order valence-electron chi connectivity index (χ2n) is 3.77. The van der Waals surface area contributed by atoms with Gasteiger partial charge < -0.3 is 19.2 Å². The summed E-state index contributed by atoms with van der Waals surface area (Å²) in [5, 5.41) is 0.758. The van der Waals surface area contributed by atoms with Crippen LogP contribution in [0.1, 0.15) is 10.5 Å². The van der Waals surface area contributed by atoms with Crippen molar-refractivity contribution in [1.82, 2.24) is 10.4 Å². The summed E-state index contributed by atoms with van der Waals surface area (Å²) in [6, 6.07) is 3.41. The predicted molar refractivity (Wildman–Crippen MR) is 69.6 cm³/mol. The summed E-state index contributed by atoms with van der Waals surface area (Å²) in [5.74, 6) is 6.13. The first-order chi connectivity index (χ1) is 9.15. The Morgan fingerprint density at radius 1 is 1.16 bits per heavy atom. The summed E-state index contributed by atoms with van der Waals surface area (Å²) < 4.78 is 15.8.